The Hall–Kier alpha value is -3.46. The maximum absolute atomic E-state index is 14.0. The molecule has 2 aliphatic heterocycles. The maximum Gasteiger partial charge on any atom is 0.418 e. The lowest BCUT2D eigenvalue weighted by Crippen LogP contribution is -2.48. The van der Waals surface area contributed by atoms with Crippen LogP contribution >= 0.6 is 0 Å². The van der Waals surface area contributed by atoms with E-state index in [0.717, 1.165) is 6.07 Å². The number of nitrogens with zero attached hydrogens (tertiary/aromatic N) is 3. The third-order valence-electron chi connectivity index (χ3n) is 6.17. The minimum Gasteiger partial charge on any atom is -0.497 e. The Balaban J connectivity index is 1.85. The molecule has 0 aliphatic carbocycles. The number of methoxy groups -OCH3 is 1. The molecule has 1 fully saturated rings. The maximum atomic E-state index is 14.0. The van der Waals surface area contributed by atoms with Gasteiger partial charge in [-0.25, -0.2) is 5.01 Å². The number of alkyl halides is 3. The van der Waals surface area contributed by atoms with E-state index in [1.165, 1.54) is 17.1 Å². The number of benzene rings is 2. The highest BCUT2D eigenvalue weighted by Gasteiger charge is 2.38. The van der Waals surface area contributed by atoms with E-state index >= 15 is 0 Å². The summed E-state index contributed by atoms with van der Waals surface area (Å²) in [6.07, 6.45) is -4.08. The van der Waals surface area contributed by atoms with Crippen LogP contribution in [-0.2, 0) is 6.18 Å². The van der Waals surface area contributed by atoms with Crippen LogP contribution in [0.25, 0.3) is 0 Å². The molecule has 180 valence electrons. The predicted octanol–water partition coefficient (Wildman–Crippen LogP) is 4.50. The van der Waals surface area contributed by atoms with Crippen molar-refractivity contribution in [1.29, 1.82) is 0 Å². The number of hydrogen-bond acceptors (Lipinski definition) is 6. The van der Waals surface area contributed by atoms with Crippen molar-refractivity contribution in [1.82, 2.24) is 0 Å². The average molecular weight is 473 g/mol. The fraction of sp³-hybridized carbons (Fsp3) is 0.320. The monoisotopic (exact) mass is 472 g/mol. The number of allylic oxidation sites excluding steroid dienone is 1. The number of aliphatic hydroxyl groups is 1. The summed E-state index contributed by atoms with van der Waals surface area (Å²) in [6.45, 7) is 7.06. The Bertz CT molecular complexity index is 1170. The quantitative estimate of drug-likeness (QED) is 0.648. The van der Waals surface area contributed by atoms with Crippen LogP contribution in [0.4, 0.5) is 24.5 Å². The van der Waals surface area contributed by atoms with Crippen molar-refractivity contribution in [3.05, 3.63) is 77.1 Å². The van der Waals surface area contributed by atoms with Gasteiger partial charge in [0.05, 0.1) is 35.5 Å². The smallest absolute Gasteiger partial charge is 0.418 e. The minimum atomic E-state index is -4.61. The largest absolute Gasteiger partial charge is 0.497 e. The van der Waals surface area contributed by atoms with Crippen LogP contribution < -0.4 is 20.4 Å². The molecule has 2 aromatic rings. The van der Waals surface area contributed by atoms with Gasteiger partial charge in [-0.2, -0.15) is 18.3 Å². The zero-order valence-corrected chi connectivity index (χ0v) is 19.1. The Morgan fingerprint density at radius 3 is 2.56 bits per heavy atom. The summed E-state index contributed by atoms with van der Waals surface area (Å²) in [5.41, 5.74) is 8.34. The van der Waals surface area contributed by atoms with Crippen molar-refractivity contribution in [2.24, 2.45) is 16.8 Å². The SMILES string of the molecule is C=C1C(N)=C(CC)C(c2cccc(OC)c2)=NN1c1cc(N2CC(CO)C2)ccc1C(F)(F)F. The molecular formula is C25H27F3N4O2. The van der Waals surface area contributed by atoms with Gasteiger partial charge in [0, 0.05) is 42.4 Å². The molecule has 0 amide bonds. The molecule has 2 aromatic carbocycles. The Labute approximate surface area is 196 Å². The first-order valence-electron chi connectivity index (χ1n) is 11.0. The summed E-state index contributed by atoms with van der Waals surface area (Å²) in [5, 5.41) is 15.1. The molecule has 1 saturated heterocycles. The number of halogens is 3. The lowest BCUT2D eigenvalue weighted by atomic mass is 9.95. The second-order valence-corrected chi connectivity index (χ2v) is 8.34. The molecule has 34 heavy (non-hydrogen) atoms. The van der Waals surface area contributed by atoms with E-state index < -0.39 is 11.7 Å². The molecule has 0 spiro atoms. The van der Waals surface area contributed by atoms with E-state index in [1.807, 2.05) is 17.9 Å². The summed E-state index contributed by atoms with van der Waals surface area (Å²) in [5.74, 6) is 0.707. The minimum absolute atomic E-state index is 0.0439. The molecule has 4 rings (SSSR count). The van der Waals surface area contributed by atoms with E-state index in [-0.39, 0.29) is 29.6 Å². The van der Waals surface area contributed by atoms with Gasteiger partial charge >= 0.3 is 6.18 Å². The molecule has 9 heteroatoms. The van der Waals surface area contributed by atoms with Gasteiger partial charge < -0.3 is 20.5 Å². The highest BCUT2D eigenvalue weighted by molar-refractivity contribution is 6.15. The Morgan fingerprint density at radius 1 is 1.21 bits per heavy atom. The van der Waals surface area contributed by atoms with Gasteiger partial charge in [0.1, 0.15) is 5.75 Å². The zero-order valence-electron chi connectivity index (χ0n) is 19.1. The predicted molar refractivity (Wildman–Crippen MR) is 127 cm³/mol. The first-order valence-corrected chi connectivity index (χ1v) is 11.0. The number of rotatable bonds is 6. The van der Waals surface area contributed by atoms with E-state index in [2.05, 4.69) is 11.7 Å². The topological polar surface area (TPSA) is 74.3 Å². The molecule has 2 heterocycles. The number of hydrazone groups is 1. The van der Waals surface area contributed by atoms with Gasteiger partial charge in [-0.3, -0.25) is 0 Å². The fourth-order valence-corrected chi connectivity index (χ4v) is 4.22. The lowest BCUT2D eigenvalue weighted by Gasteiger charge is -2.41. The molecule has 0 bridgehead atoms. The molecule has 0 radical (unpaired) electrons. The third kappa shape index (κ3) is 4.23. The number of hydrogen-bond donors (Lipinski definition) is 2. The number of anilines is 2. The summed E-state index contributed by atoms with van der Waals surface area (Å²) >= 11 is 0. The van der Waals surface area contributed by atoms with E-state index in [1.54, 1.807) is 25.3 Å². The van der Waals surface area contributed by atoms with E-state index in [9.17, 15) is 18.3 Å². The number of nitrogens with two attached hydrogens (primary N) is 1. The second kappa shape index (κ2) is 9.06. The molecule has 3 N–H and O–H groups in total. The van der Waals surface area contributed by atoms with Crippen LogP contribution in [0.3, 0.4) is 0 Å². The number of ether oxygens (including phenoxy) is 1. The summed E-state index contributed by atoms with van der Waals surface area (Å²) in [6, 6.07) is 11.1. The van der Waals surface area contributed by atoms with Crippen LogP contribution in [0.15, 0.2) is 71.1 Å². The van der Waals surface area contributed by atoms with Gasteiger partial charge in [-0.15, -0.1) is 0 Å². The van der Waals surface area contributed by atoms with Gasteiger partial charge in [-0.1, -0.05) is 25.6 Å². The summed E-state index contributed by atoms with van der Waals surface area (Å²) < 4.78 is 47.4. The van der Waals surface area contributed by atoms with Gasteiger partial charge in [0.25, 0.3) is 0 Å². The third-order valence-corrected chi connectivity index (χ3v) is 6.17. The van der Waals surface area contributed by atoms with E-state index in [4.69, 9.17) is 10.5 Å². The molecule has 6 nitrogen and oxygen atoms in total. The van der Waals surface area contributed by atoms with Crippen LogP contribution in [-0.4, -0.2) is 37.6 Å². The Kier molecular flexibility index (Phi) is 6.31. The Morgan fingerprint density at radius 2 is 1.94 bits per heavy atom. The second-order valence-electron chi connectivity index (χ2n) is 8.34. The molecule has 0 saturated carbocycles. The van der Waals surface area contributed by atoms with Gasteiger partial charge in [-0.05, 0) is 36.8 Å². The molecule has 0 atom stereocenters. The van der Waals surface area contributed by atoms with Crippen molar-refractivity contribution >= 4 is 17.1 Å². The highest BCUT2D eigenvalue weighted by Crippen LogP contribution is 2.43. The molecule has 2 aliphatic rings. The zero-order chi connectivity index (χ0) is 24.6. The molecular weight excluding hydrogens is 445 g/mol. The first-order chi connectivity index (χ1) is 16.2. The van der Waals surface area contributed by atoms with Gasteiger partial charge in [0.2, 0.25) is 0 Å². The van der Waals surface area contributed by atoms with Crippen molar-refractivity contribution < 1.29 is 23.0 Å². The highest BCUT2D eigenvalue weighted by atomic mass is 19.4. The summed E-state index contributed by atoms with van der Waals surface area (Å²) in [4.78, 5) is 1.92. The van der Waals surface area contributed by atoms with Crippen molar-refractivity contribution in [2.75, 3.05) is 36.7 Å². The standard InChI is InChI=1S/C25H27F3N4O2/c1-4-20-23(29)15(2)32(30-24(20)17-6-5-7-19(10-17)34-3)22-11-18(31-12-16(13-31)14-33)8-9-21(22)25(26,27)28/h5-11,16,33H,2,4,12-14,29H2,1,3H3. The van der Waals surface area contributed by atoms with Crippen molar-refractivity contribution in [3.63, 3.8) is 0 Å². The molecule has 0 aromatic heterocycles. The molecule has 0 unspecified atom stereocenters. The summed E-state index contributed by atoms with van der Waals surface area (Å²) in [7, 11) is 1.54. The fourth-order valence-electron chi connectivity index (χ4n) is 4.22. The van der Waals surface area contributed by atoms with Crippen LogP contribution in [0, 0.1) is 5.92 Å². The first kappa shape index (κ1) is 23.7. The van der Waals surface area contributed by atoms with E-state index in [0.29, 0.717) is 47.8 Å². The van der Waals surface area contributed by atoms with Crippen LogP contribution in [0.2, 0.25) is 0 Å². The van der Waals surface area contributed by atoms with Crippen LogP contribution in [0.1, 0.15) is 24.5 Å². The number of aliphatic hydroxyl groups excluding tert-OH is 1. The normalized spacial score (nSPS) is 17.1. The van der Waals surface area contributed by atoms with Gasteiger partial charge in [0.15, 0.2) is 0 Å². The lowest BCUT2D eigenvalue weighted by molar-refractivity contribution is -0.137. The van der Waals surface area contributed by atoms with Crippen molar-refractivity contribution in [3.8, 4) is 5.75 Å². The average Bonchev–Trinajstić information content (AvgIpc) is 2.79. The van der Waals surface area contributed by atoms with Crippen LogP contribution in [0.5, 0.6) is 5.75 Å². The van der Waals surface area contributed by atoms with Crippen molar-refractivity contribution in [2.45, 2.75) is 19.5 Å².